The first-order valence-electron chi connectivity index (χ1n) is 8.46. The van der Waals surface area contributed by atoms with Gasteiger partial charge in [-0.05, 0) is 67.4 Å². The minimum atomic E-state index is -0.454. The van der Waals surface area contributed by atoms with Crippen molar-refractivity contribution in [3.05, 3.63) is 76.5 Å². The highest BCUT2D eigenvalue weighted by atomic mass is 19.1. The van der Waals surface area contributed by atoms with Gasteiger partial charge in [0.15, 0.2) is 23.1 Å². The van der Waals surface area contributed by atoms with E-state index in [0.29, 0.717) is 29.4 Å². The Kier molecular flexibility index (Phi) is 7.11. The molecule has 6 heteroatoms. The third-order valence-electron chi connectivity index (χ3n) is 3.71. The molecular weight excluding hydrogens is 349 g/mol. The summed E-state index contributed by atoms with van der Waals surface area (Å²) in [5, 5.41) is 2.70. The molecule has 0 fully saturated rings. The van der Waals surface area contributed by atoms with Crippen LogP contribution in [0, 0.1) is 24.6 Å². The molecule has 142 valence electrons. The Hall–Kier alpha value is -3.15. The number of nitroso groups, excluding NO2 is 1. The van der Waals surface area contributed by atoms with E-state index < -0.39 is 5.82 Å². The van der Waals surface area contributed by atoms with Gasteiger partial charge in [0.2, 0.25) is 6.73 Å². The summed E-state index contributed by atoms with van der Waals surface area (Å²) >= 11 is 0. The van der Waals surface area contributed by atoms with Crippen LogP contribution in [0.3, 0.4) is 0 Å². The molecule has 0 N–H and O–H groups in total. The number of ether oxygens (including phenoxy) is 3. The average Bonchev–Trinajstić information content (AvgIpc) is 2.63. The number of aryl methyl sites for hydroxylation is 2. The van der Waals surface area contributed by atoms with Crippen LogP contribution in [0.1, 0.15) is 23.6 Å². The minimum Gasteiger partial charge on any atom is -0.490 e. The molecule has 5 nitrogen and oxygen atoms in total. The topological polar surface area (TPSA) is 57.1 Å². The zero-order chi connectivity index (χ0) is 19.8. The predicted octanol–water partition coefficient (Wildman–Crippen LogP) is 5.55. The van der Waals surface area contributed by atoms with Crippen molar-refractivity contribution in [2.24, 2.45) is 5.18 Å². The van der Waals surface area contributed by atoms with E-state index in [0.717, 1.165) is 11.1 Å². The van der Waals surface area contributed by atoms with E-state index in [2.05, 4.69) is 11.8 Å². The fourth-order valence-corrected chi connectivity index (χ4v) is 2.50. The van der Waals surface area contributed by atoms with Gasteiger partial charge >= 0.3 is 0 Å². The molecule has 0 aliphatic heterocycles. The first-order valence-corrected chi connectivity index (χ1v) is 8.46. The molecule has 0 radical (unpaired) electrons. The lowest BCUT2D eigenvalue weighted by Gasteiger charge is -2.17. The van der Waals surface area contributed by atoms with Gasteiger partial charge in [-0.3, -0.25) is 0 Å². The smallest absolute Gasteiger partial charge is 0.219 e. The van der Waals surface area contributed by atoms with Crippen molar-refractivity contribution in [3.8, 4) is 17.2 Å². The number of allylic oxidation sites excluding steroid dienone is 2. The summed E-state index contributed by atoms with van der Waals surface area (Å²) in [6.07, 6.45) is 3.20. The van der Waals surface area contributed by atoms with Crippen LogP contribution < -0.4 is 14.2 Å². The molecule has 0 atom stereocenters. The summed E-state index contributed by atoms with van der Waals surface area (Å²) in [5.41, 5.74) is 2.28. The van der Waals surface area contributed by atoms with Crippen molar-refractivity contribution in [1.29, 1.82) is 0 Å². The van der Waals surface area contributed by atoms with Gasteiger partial charge in [0.25, 0.3) is 0 Å². The molecule has 0 saturated heterocycles. The molecule has 2 rings (SSSR count). The lowest BCUT2D eigenvalue weighted by molar-refractivity contribution is 0.282. The molecule has 27 heavy (non-hydrogen) atoms. The van der Waals surface area contributed by atoms with Crippen LogP contribution in [0.15, 0.2) is 54.2 Å². The Morgan fingerprint density at radius 2 is 1.89 bits per heavy atom. The van der Waals surface area contributed by atoms with Crippen molar-refractivity contribution in [2.45, 2.75) is 20.8 Å². The SMILES string of the molecule is C=C/C=C(/Oc1ccc(C)cc1F)c1cc(OCC)c(OCN=O)cc1C. The lowest BCUT2D eigenvalue weighted by atomic mass is 10.0. The molecule has 2 aromatic rings. The zero-order valence-electron chi connectivity index (χ0n) is 15.6. The first kappa shape index (κ1) is 20.2. The predicted molar refractivity (Wildman–Crippen MR) is 104 cm³/mol. The van der Waals surface area contributed by atoms with Crippen LogP contribution in [0.2, 0.25) is 0 Å². The summed E-state index contributed by atoms with van der Waals surface area (Å²) in [4.78, 5) is 10.4. The first-order chi connectivity index (χ1) is 13.0. The highest BCUT2D eigenvalue weighted by Crippen LogP contribution is 2.35. The third kappa shape index (κ3) is 5.17. The van der Waals surface area contributed by atoms with Gasteiger partial charge in [-0.2, -0.15) is 0 Å². The highest BCUT2D eigenvalue weighted by molar-refractivity contribution is 5.69. The number of rotatable bonds is 9. The standard InChI is InChI=1S/C21H22FNO4/c1-5-7-18(27-19-9-8-14(3)10-17(19)22)16-12-21(25-6-2)20(11-15(16)4)26-13-23-24/h5,7-12H,1,6,13H2,2-4H3/b18-7+. The van der Waals surface area contributed by atoms with E-state index in [1.54, 1.807) is 43.3 Å². The number of benzene rings is 2. The second-order valence-corrected chi connectivity index (χ2v) is 5.75. The summed E-state index contributed by atoms with van der Waals surface area (Å²) in [7, 11) is 0. The maximum atomic E-state index is 14.2. The van der Waals surface area contributed by atoms with Crippen LogP contribution in [-0.4, -0.2) is 13.3 Å². The Morgan fingerprint density at radius 3 is 2.52 bits per heavy atom. The Bertz CT molecular complexity index is 862. The van der Waals surface area contributed by atoms with Crippen LogP contribution >= 0.6 is 0 Å². The molecular formula is C21H22FNO4. The van der Waals surface area contributed by atoms with Crippen molar-refractivity contribution in [1.82, 2.24) is 0 Å². The highest BCUT2D eigenvalue weighted by Gasteiger charge is 2.16. The third-order valence-corrected chi connectivity index (χ3v) is 3.71. The average molecular weight is 371 g/mol. The van der Waals surface area contributed by atoms with E-state index in [4.69, 9.17) is 14.2 Å². The maximum absolute atomic E-state index is 14.2. The van der Waals surface area contributed by atoms with Gasteiger partial charge in [-0.1, -0.05) is 18.7 Å². The quantitative estimate of drug-likeness (QED) is 0.329. The van der Waals surface area contributed by atoms with Gasteiger partial charge < -0.3 is 14.2 Å². The largest absolute Gasteiger partial charge is 0.490 e. The Morgan fingerprint density at radius 1 is 1.15 bits per heavy atom. The number of halogens is 1. The van der Waals surface area contributed by atoms with E-state index in [9.17, 15) is 9.30 Å². The zero-order valence-corrected chi connectivity index (χ0v) is 15.6. The number of hydrogen-bond acceptors (Lipinski definition) is 5. The number of hydrogen-bond donors (Lipinski definition) is 0. The molecule has 0 aliphatic rings. The van der Waals surface area contributed by atoms with Gasteiger partial charge in [0.05, 0.1) is 6.61 Å². The maximum Gasteiger partial charge on any atom is 0.219 e. The molecule has 0 unspecified atom stereocenters. The fraction of sp³-hybridized carbons (Fsp3) is 0.238. The molecule has 0 amide bonds. The van der Waals surface area contributed by atoms with Crippen LogP contribution in [0.4, 0.5) is 4.39 Å². The van der Waals surface area contributed by atoms with E-state index in [1.807, 2.05) is 13.8 Å². The van der Waals surface area contributed by atoms with Crippen molar-refractivity contribution in [3.63, 3.8) is 0 Å². The van der Waals surface area contributed by atoms with E-state index in [-0.39, 0.29) is 12.5 Å². The van der Waals surface area contributed by atoms with Crippen molar-refractivity contribution < 1.29 is 18.6 Å². The molecule has 0 saturated carbocycles. The Labute approximate surface area is 158 Å². The summed E-state index contributed by atoms with van der Waals surface area (Å²) in [6, 6.07) is 8.19. The van der Waals surface area contributed by atoms with Crippen LogP contribution in [0.5, 0.6) is 17.2 Å². The van der Waals surface area contributed by atoms with Gasteiger partial charge in [-0.25, -0.2) is 4.39 Å². The summed E-state index contributed by atoms with van der Waals surface area (Å²) in [6.45, 7) is 9.26. The molecule has 0 bridgehead atoms. The summed E-state index contributed by atoms with van der Waals surface area (Å²) in [5.74, 6) is 0.898. The molecule has 0 aromatic heterocycles. The van der Waals surface area contributed by atoms with Crippen molar-refractivity contribution >= 4 is 5.76 Å². The number of nitrogens with zero attached hydrogens (tertiary/aromatic N) is 1. The fourth-order valence-electron chi connectivity index (χ4n) is 2.50. The molecule has 0 aliphatic carbocycles. The van der Waals surface area contributed by atoms with Gasteiger partial charge in [0.1, 0.15) is 5.76 Å². The van der Waals surface area contributed by atoms with Crippen molar-refractivity contribution in [2.75, 3.05) is 13.3 Å². The minimum absolute atomic E-state index is 0.108. The lowest BCUT2D eigenvalue weighted by Crippen LogP contribution is -2.04. The molecule has 0 heterocycles. The van der Waals surface area contributed by atoms with E-state index in [1.165, 1.54) is 6.07 Å². The molecule has 0 spiro atoms. The Balaban J connectivity index is 2.46. The van der Waals surface area contributed by atoms with Gasteiger partial charge in [-0.15, -0.1) is 4.91 Å². The van der Waals surface area contributed by atoms with Gasteiger partial charge in [0, 0.05) is 5.56 Å². The van der Waals surface area contributed by atoms with Crippen LogP contribution in [0.25, 0.3) is 5.76 Å². The normalized spacial score (nSPS) is 11.0. The second-order valence-electron chi connectivity index (χ2n) is 5.75. The monoisotopic (exact) mass is 371 g/mol. The van der Waals surface area contributed by atoms with E-state index >= 15 is 0 Å². The second kappa shape index (κ2) is 9.52. The van der Waals surface area contributed by atoms with Crippen LogP contribution in [-0.2, 0) is 0 Å². The molecule has 2 aromatic carbocycles. The summed E-state index contributed by atoms with van der Waals surface area (Å²) < 4.78 is 30.9.